The van der Waals surface area contributed by atoms with Crippen LogP contribution >= 0.6 is 23.2 Å². The first-order valence-electron chi connectivity index (χ1n) is 3.62. The Hall–Kier alpha value is -1.22. The number of azide groups is 1. The molecule has 0 aromatic heterocycles. The van der Waals surface area contributed by atoms with Crippen LogP contribution in [0.3, 0.4) is 0 Å². The molecule has 0 saturated heterocycles. The van der Waals surface area contributed by atoms with Crippen LogP contribution in [0.15, 0.2) is 17.2 Å². The highest BCUT2D eigenvalue weighted by molar-refractivity contribution is 6.68. The van der Waals surface area contributed by atoms with Gasteiger partial charge in [-0.1, -0.05) is 22.8 Å². The van der Waals surface area contributed by atoms with E-state index in [1.54, 1.807) is 6.92 Å². The third kappa shape index (κ3) is 1.99. The van der Waals surface area contributed by atoms with E-state index in [0.717, 1.165) is 0 Å². The highest BCUT2D eigenvalue weighted by atomic mass is 35.5. The molecule has 0 fully saturated rings. The zero-order valence-corrected chi connectivity index (χ0v) is 8.67. The number of carbonyl (C=O) groups is 1. The molecule has 1 rings (SSSR count). The molecule has 6 heteroatoms. The largest absolute Gasteiger partial charge is 0.276 e. The number of benzene rings is 1. The van der Waals surface area contributed by atoms with Gasteiger partial charge >= 0.3 is 0 Å². The predicted octanol–water partition coefficient (Wildman–Crippen LogP) is 3.97. The predicted molar refractivity (Wildman–Crippen MR) is 55.2 cm³/mol. The Bertz CT molecular complexity index is 411. The van der Waals surface area contributed by atoms with Gasteiger partial charge in [0.1, 0.15) is 0 Å². The molecule has 0 radical (unpaired) electrons. The molecule has 14 heavy (non-hydrogen) atoms. The quantitative estimate of drug-likeness (QED) is 0.328. The van der Waals surface area contributed by atoms with Crippen LogP contribution in [0.2, 0.25) is 5.02 Å². The monoisotopic (exact) mass is 229 g/mol. The van der Waals surface area contributed by atoms with Crippen molar-refractivity contribution in [1.82, 2.24) is 0 Å². The molecule has 0 amide bonds. The van der Waals surface area contributed by atoms with Gasteiger partial charge in [0.25, 0.3) is 5.24 Å². The van der Waals surface area contributed by atoms with Gasteiger partial charge in [-0.3, -0.25) is 4.79 Å². The molecule has 0 heterocycles. The van der Waals surface area contributed by atoms with Gasteiger partial charge in [0.05, 0.1) is 10.6 Å². The zero-order valence-electron chi connectivity index (χ0n) is 7.16. The zero-order chi connectivity index (χ0) is 10.7. The van der Waals surface area contributed by atoms with Gasteiger partial charge in [0.15, 0.2) is 0 Å². The molecule has 72 valence electrons. The standard InChI is InChI=1S/C8H5Cl2N3O/c1-4-6(12-13-11)3-2-5(7(4)9)8(10)14/h2-3H,1H3. The summed E-state index contributed by atoms with van der Waals surface area (Å²) in [5.74, 6) is 0. The smallest absolute Gasteiger partial charge is 0.253 e. The maximum atomic E-state index is 10.9. The maximum Gasteiger partial charge on any atom is 0.253 e. The first kappa shape index (κ1) is 10.9. The second-order valence-electron chi connectivity index (χ2n) is 2.53. The number of hydrogen-bond acceptors (Lipinski definition) is 2. The molecule has 0 aliphatic rings. The van der Waals surface area contributed by atoms with E-state index in [2.05, 4.69) is 10.0 Å². The topological polar surface area (TPSA) is 65.8 Å². The van der Waals surface area contributed by atoms with Crippen molar-refractivity contribution >= 4 is 34.1 Å². The molecule has 0 atom stereocenters. The molecule has 0 unspecified atom stereocenters. The summed E-state index contributed by atoms with van der Waals surface area (Å²) in [6.45, 7) is 1.65. The second-order valence-corrected chi connectivity index (χ2v) is 3.26. The molecule has 0 bridgehead atoms. The number of rotatable bonds is 2. The Kier molecular flexibility index (Phi) is 3.36. The molecule has 0 N–H and O–H groups in total. The first-order valence-corrected chi connectivity index (χ1v) is 4.37. The van der Waals surface area contributed by atoms with Crippen molar-refractivity contribution in [3.63, 3.8) is 0 Å². The van der Waals surface area contributed by atoms with Crippen LogP contribution in [0.25, 0.3) is 10.4 Å². The summed E-state index contributed by atoms with van der Waals surface area (Å²) < 4.78 is 0. The summed E-state index contributed by atoms with van der Waals surface area (Å²) >= 11 is 11.1. The first-order chi connectivity index (χ1) is 6.57. The number of nitrogens with zero attached hydrogens (tertiary/aromatic N) is 3. The summed E-state index contributed by atoms with van der Waals surface area (Å²) in [5, 5.41) is 2.99. The van der Waals surface area contributed by atoms with Gasteiger partial charge in [0.2, 0.25) is 0 Å². The van der Waals surface area contributed by atoms with Crippen LogP contribution in [0, 0.1) is 6.92 Å². The lowest BCUT2D eigenvalue weighted by molar-refractivity contribution is 0.108. The highest BCUT2D eigenvalue weighted by Gasteiger charge is 2.11. The summed E-state index contributed by atoms with van der Waals surface area (Å²) in [7, 11) is 0. The summed E-state index contributed by atoms with van der Waals surface area (Å²) in [4.78, 5) is 13.5. The Morgan fingerprint density at radius 3 is 2.71 bits per heavy atom. The van der Waals surface area contributed by atoms with Crippen LogP contribution in [0.5, 0.6) is 0 Å². The Morgan fingerprint density at radius 2 is 2.21 bits per heavy atom. The van der Waals surface area contributed by atoms with E-state index in [1.807, 2.05) is 0 Å². The summed E-state index contributed by atoms with van der Waals surface area (Å²) in [5.41, 5.74) is 9.37. The molecule has 4 nitrogen and oxygen atoms in total. The lowest BCUT2D eigenvalue weighted by atomic mass is 10.1. The lowest BCUT2D eigenvalue weighted by Crippen LogP contribution is -1.92. The van der Waals surface area contributed by atoms with Gasteiger partial charge < -0.3 is 0 Å². The lowest BCUT2D eigenvalue weighted by Gasteiger charge is -2.04. The van der Waals surface area contributed by atoms with Crippen LogP contribution < -0.4 is 0 Å². The van der Waals surface area contributed by atoms with Gasteiger partial charge in [-0.05, 0) is 35.7 Å². The molecule has 0 aliphatic heterocycles. The Labute approximate surface area is 90.1 Å². The van der Waals surface area contributed by atoms with Gasteiger partial charge in [-0.2, -0.15) is 0 Å². The van der Waals surface area contributed by atoms with Crippen molar-refractivity contribution in [2.75, 3.05) is 0 Å². The minimum absolute atomic E-state index is 0.211. The maximum absolute atomic E-state index is 10.9. The Balaban J connectivity index is 3.40. The van der Waals surface area contributed by atoms with Crippen LogP contribution in [-0.4, -0.2) is 5.24 Å². The van der Waals surface area contributed by atoms with Crippen molar-refractivity contribution in [2.45, 2.75) is 6.92 Å². The molecule has 0 aliphatic carbocycles. The molecule has 0 spiro atoms. The number of halogens is 2. The van der Waals surface area contributed by atoms with Gasteiger partial charge in [0, 0.05) is 10.6 Å². The number of carbonyl (C=O) groups excluding carboxylic acids is 1. The third-order valence-electron chi connectivity index (χ3n) is 1.72. The van der Waals surface area contributed by atoms with Crippen LogP contribution in [0.1, 0.15) is 15.9 Å². The second kappa shape index (κ2) is 4.33. The van der Waals surface area contributed by atoms with Crippen LogP contribution in [-0.2, 0) is 0 Å². The van der Waals surface area contributed by atoms with E-state index < -0.39 is 5.24 Å². The Morgan fingerprint density at radius 1 is 1.57 bits per heavy atom. The fourth-order valence-electron chi connectivity index (χ4n) is 0.983. The highest BCUT2D eigenvalue weighted by Crippen LogP contribution is 2.30. The van der Waals surface area contributed by atoms with E-state index in [0.29, 0.717) is 11.3 Å². The molecule has 1 aromatic rings. The fraction of sp³-hybridized carbons (Fsp3) is 0.125. The van der Waals surface area contributed by atoms with E-state index >= 15 is 0 Å². The minimum atomic E-state index is -0.634. The van der Waals surface area contributed by atoms with Crippen molar-refractivity contribution in [2.24, 2.45) is 5.11 Å². The SMILES string of the molecule is Cc1c(N=[N+]=[N-])ccc(C(=O)Cl)c1Cl. The molecular weight excluding hydrogens is 225 g/mol. The summed E-state index contributed by atoms with van der Waals surface area (Å²) in [6.07, 6.45) is 0. The average molecular weight is 230 g/mol. The van der Waals surface area contributed by atoms with Crippen molar-refractivity contribution in [1.29, 1.82) is 0 Å². The van der Waals surface area contributed by atoms with E-state index in [4.69, 9.17) is 28.7 Å². The molecule has 1 aromatic carbocycles. The normalized spacial score (nSPS) is 9.36. The van der Waals surface area contributed by atoms with Crippen molar-refractivity contribution < 1.29 is 4.79 Å². The van der Waals surface area contributed by atoms with Crippen molar-refractivity contribution in [3.8, 4) is 0 Å². The van der Waals surface area contributed by atoms with E-state index in [-0.39, 0.29) is 10.6 Å². The van der Waals surface area contributed by atoms with Crippen LogP contribution in [0.4, 0.5) is 5.69 Å². The fourth-order valence-corrected chi connectivity index (χ4v) is 1.43. The number of hydrogen-bond donors (Lipinski definition) is 0. The van der Waals surface area contributed by atoms with Gasteiger partial charge in [-0.15, -0.1) is 0 Å². The average Bonchev–Trinajstić information content (AvgIpc) is 2.13. The minimum Gasteiger partial charge on any atom is -0.276 e. The summed E-state index contributed by atoms with van der Waals surface area (Å²) in [6, 6.07) is 2.92. The third-order valence-corrected chi connectivity index (χ3v) is 2.41. The molecular formula is C8H5Cl2N3O. The van der Waals surface area contributed by atoms with E-state index in [1.165, 1.54) is 12.1 Å². The van der Waals surface area contributed by atoms with Crippen molar-refractivity contribution in [3.05, 3.63) is 38.7 Å². The van der Waals surface area contributed by atoms with Gasteiger partial charge in [-0.25, -0.2) is 0 Å². The molecule has 0 saturated carbocycles. The van der Waals surface area contributed by atoms with E-state index in [9.17, 15) is 4.79 Å².